The summed E-state index contributed by atoms with van der Waals surface area (Å²) >= 11 is 0. The Morgan fingerprint density at radius 1 is 1.45 bits per heavy atom. The number of rotatable bonds is 6. The van der Waals surface area contributed by atoms with Crippen molar-refractivity contribution >= 4 is 11.6 Å². The normalized spacial score (nSPS) is 13.0. The number of aryl methyl sites for hydroxylation is 1. The molecule has 0 saturated heterocycles. The lowest BCUT2D eigenvalue weighted by Crippen LogP contribution is -2.36. The Kier molecular flexibility index (Phi) is 4.39. The summed E-state index contributed by atoms with van der Waals surface area (Å²) in [6.07, 6.45) is 4.91. The maximum atomic E-state index is 11.0. The van der Waals surface area contributed by atoms with Crippen LogP contribution in [0.4, 0.5) is 0 Å². The second-order valence-electron chi connectivity index (χ2n) is 5.26. The van der Waals surface area contributed by atoms with Crippen LogP contribution in [0.3, 0.4) is 0 Å². The van der Waals surface area contributed by atoms with E-state index < -0.39 is 5.97 Å². The number of imidazole rings is 1. The van der Waals surface area contributed by atoms with Gasteiger partial charge in [-0.25, -0.2) is 4.98 Å². The highest BCUT2D eigenvalue weighted by Crippen LogP contribution is 2.12. The van der Waals surface area contributed by atoms with Crippen LogP contribution in [0, 0.1) is 6.92 Å². The first-order chi connectivity index (χ1) is 9.49. The first-order valence-corrected chi connectivity index (χ1v) is 6.89. The molecule has 0 amide bonds. The van der Waals surface area contributed by atoms with E-state index in [1.807, 2.05) is 47.7 Å². The SMILES string of the molecule is CCC(C)N(CC(=O)O)Cc1cn2cc(C)ccc2n1. The number of fused-ring (bicyclic) bond motifs is 1. The van der Waals surface area contributed by atoms with Gasteiger partial charge in [0.25, 0.3) is 0 Å². The fourth-order valence-corrected chi connectivity index (χ4v) is 2.24. The standard InChI is InChI=1S/C15H21N3O2/c1-4-12(3)17(10-15(19)20)8-13-9-18-7-11(2)5-6-14(18)16-13/h5-7,9,12H,4,8,10H2,1-3H3,(H,19,20). The van der Waals surface area contributed by atoms with Gasteiger partial charge in [-0.1, -0.05) is 13.0 Å². The van der Waals surface area contributed by atoms with Crippen LogP contribution in [0.15, 0.2) is 24.5 Å². The quantitative estimate of drug-likeness (QED) is 0.879. The molecule has 5 heteroatoms. The highest BCUT2D eigenvalue weighted by Gasteiger charge is 2.17. The summed E-state index contributed by atoms with van der Waals surface area (Å²) in [6.45, 7) is 6.74. The first-order valence-electron chi connectivity index (χ1n) is 6.89. The van der Waals surface area contributed by atoms with Gasteiger partial charge in [0, 0.05) is 25.0 Å². The van der Waals surface area contributed by atoms with E-state index in [0.29, 0.717) is 6.54 Å². The molecule has 0 aliphatic heterocycles. The zero-order valence-electron chi connectivity index (χ0n) is 12.2. The molecule has 0 spiro atoms. The van der Waals surface area contributed by atoms with E-state index >= 15 is 0 Å². The average Bonchev–Trinajstić information content (AvgIpc) is 2.77. The molecule has 0 aromatic carbocycles. The second kappa shape index (κ2) is 6.05. The van der Waals surface area contributed by atoms with Crippen molar-refractivity contribution in [2.24, 2.45) is 0 Å². The summed E-state index contributed by atoms with van der Waals surface area (Å²) in [7, 11) is 0. The third kappa shape index (κ3) is 3.36. The summed E-state index contributed by atoms with van der Waals surface area (Å²) < 4.78 is 1.99. The van der Waals surface area contributed by atoms with Crippen LogP contribution in [-0.2, 0) is 11.3 Å². The van der Waals surface area contributed by atoms with E-state index in [0.717, 1.165) is 17.8 Å². The van der Waals surface area contributed by atoms with Crippen molar-refractivity contribution in [2.45, 2.75) is 39.8 Å². The van der Waals surface area contributed by atoms with E-state index in [2.05, 4.69) is 11.9 Å². The summed E-state index contributed by atoms with van der Waals surface area (Å²) in [4.78, 5) is 17.5. The summed E-state index contributed by atoms with van der Waals surface area (Å²) in [5, 5.41) is 9.02. The fourth-order valence-electron chi connectivity index (χ4n) is 2.24. The highest BCUT2D eigenvalue weighted by atomic mass is 16.4. The minimum Gasteiger partial charge on any atom is -0.480 e. The zero-order valence-corrected chi connectivity index (χ0v) is 12.2. The molecule has 0 saturated carbocycles. The number of pyridine rings is 1. The largest absolute Gasteiger partial charge is 0.480 e. The van der Waals surface area contributed by atoms with Crippen LogP contribution >= 0.6 is 0 Å². The van der Waals surface area contributed by atoms with Crippen molar-refractivity contribution in [3.8, 4) is 0 Å². The number of hydrogen-bond donors (Lipinski definition) is 1. The van der Waals surface area contributed by atoms with Crippen molar-refractivity contribution in [1.82, 2.24) is 14.3 Å². The minimum absolute atomic E-state index is 0.0436. The van der Waals surface area contributed by atoms with Gasteiger partial charge in [0.05, 0.1) is 12.2 Å². The van der Waals surface area contributed by atoms with Gasteiger partial charge in [0.2, 0.25) is 0 Å². The maximum absolute atomic E-state index is 11.0. The topological polar surface area (TPSA) is 57.8 Å². The lowest BCUT2D eigenvalue weighted by atomic mass is 10.2. The molecule has 20 heavy (non-hydrogen) atoms. The van der Waals surface area contributed by atoms with Crippen LogP contribution in [0.5, 0.6) is 0 Å². The number of carboxylic acids is 1. The Morgan fingerprint density at radius 3 is 2.85 bits per heavy atom. The molecule has 1 unspecified atom stereocenters. The van der Waals surface area contributed by atoms with E-state index in [-0.39, 0.29) is 12.6 Å². The van der Waals surface area contributed by atoms with Crippen LogP contribution in [0.1, 0.15) is 31.5 Å². The van der Waals surface area contributed by atoms with Gasteiger partial charge in [0.1, 0.15) is 5.65 Å². The van der Waals surface area contributed by atoms with E-state index in [9.17, 15) is 4.79 Å². The predicted octanol–water partition coefficient (Wildman–Crippen LogP) is 2.33. The van der Waals surface area contributed by atoms with E-state index in [4.69, 9.17) is 5.11 Å². The number of aliphatic carboxylic acids is 1. The molecule has 0 radical (unpaired) electrons. The Morgan fingerprint density at radius 2 is 2.20 bits per heavy atom. The average molecular weight is 275 g/mol. The maximum Gasteiger partial charge on any atom is 0.317 e. The number of carbonyl (C=O) groups is 1. The Hall–Kier alpha value is -1.88. The molecular weight excluding hydrogens is 254 g/mol. The van der Waals surface area contributed by atoms with Crippen molar-refractivity contribution < 1.29 is 9.90 Å². The van der Waals surface area contributed by atoms with Gasteiger partial charge in [-0.2, -0.15) is 0 Å². The molecule has 2 heterocycles. The van der Waals surface area contributed by atoms with Crippen LogP contribution in [-0.4, -0.2) is 37.9 Å². The number of aromatic nitrogens is 2. The van der Waals surface area contributed by atoms with Crippen molar-refractivity contribution in [3.63, 3.8) is 0 Å². The molecule has 1 N–H and O–H groups in total. The lowest BCUT2D eigenvalue weighted by molar-refractivity contribution is -0.139. The van der Waals surface area contributed by atoms with Gasteiger partial charge in [-0.05, 0) is 31.9 Å². The molecule has 2 rings (SSSR count). The van der Waals surface area contributed by atoms with Crippen LogP contribution < -0.4 is 0 Å². The molecule has 0 aliphatic rings. The monoisotopic (exact) mass is 275 g/mol. The molecule has 1 atom stereocenters. The molecule has 2 aromatic rings. The Labute approximate surface area is 118 Å². The molecule has 0 bridgehead atoms. The number of hydrogen-bond acceptors (Lipinski definition) is 3. The smallest absolute Gasteiger partial charge is 0.317 e. The van der Waals surface area contributed by atoms with Gasteiger partial charge in [-0.3, -0.25) is 9.69 Å². The van der Waals surface area contributed by atoms with Crippen LogP contribution in [0.25, 0.3) is 5.65 Å². The molecular formula is C15H21N3O2. The molecule has 0 aliphatic carbocycles. The molecule has 108 valence electrons. The third-order valence-electron chi connectivity index (χ3n) is 3.57. The first kappa shape index (κ1) is 14.5. The molecule has 2 aromatic heterocycles. The third-order valence-corrected chi connectivity index (χ3v) is 3.57. The minimum atomic E-state index is -0.801. The summed E-state index contributed by atoms with van der Waals surface area (Å²) in [6, 6.07) is 4.22. The molecule has 5 nitrogen and oxygen atoms in total. The van der Waals surface area contributed by atoms with Gasteiger partial charge < -0.3 is 9.51 Å². The lowest BCUT2D eigenvalue weighted by Gasteiger charge is -2.25. The van der Waals surface area contributed by atoms with Crippen molar-refractivity contribution in [2.75, 3.05) is 6.54 Å². The number of nitrogens with zero attached hydrogens (tertiary/aromatic N) is 3. The fraction of sp³-hybridized carbons (Fsp3) is 0.467. The van der Waals surface area contributed by atoms with Crippen molar-refractivity contribution in [3.05, 3.63) is 35.8 Å². The second-order valence-corrected chi connectivity index (χ2v) is 5.26. The predicted molar refractivity (Wildman–Crippen MR) is 77.7 cm³/mol. The molecule has 0 fully saturated rings. The van der Waals surface area contributed by atoms with E-state index in [1.165, 1.54) is 5.56 Å². The highest BCUT2D eigenvalue weighted by molar-refractivity contribution is 5.69. The Bertz CT molecular complexity index is 606. The zero-order chi connectivity index (χ0) is 14.7. The van der Waals surface area contributed by atoms with Gasteiger partial charge >= 0.3 is 5.97 Å². The van der Waals surface area contributed by atoms with E-state index in [1.54, 1.807) is 0 Å². The van der Waals surface area contributed by atoms with Gasteiger partial charge in [-0.15, -0.1) is 0 Å². The van der Waals surface area contributed by atoms with Crippen molar-refractivity contribution in [1.29, 1.82) is 0 Å². The number of carboxylic acid groups (broad SMARTS) is 1. The summed E-state index contributed by atoms with van der Waals surface area (Å²) in [5.74, 6) is -0.801. The van der Waals surface area contributed by atoms with Gasteiger partial charge in [0.15, 0.2) is 0 Å². The Balaban J connectivity index is 2.21. The summed E-state index contributed by atoms with van der Waals surface area (Å²) in [5.41, 5.74) is 2.97. The van der Waals surface area contributed by atoms with Crippen LogP contribution in [0.2, 0.25) is 0 Å².